The molecule has 38 heavy (non-hydrogen) atoms. The average molecular weight is 539 g/mol. The molecule has 0 spiro atoms. The molecule has 3 aromatic rings. The first-order valence-electron chi connectivity index (χ1n) is 12.0. The van der Waals surface area contributed by atoms with Crippen molar-refractivity contribution in [2.75, 3.05) is 13.2 Å². The third kappa shape index (κ3) is 5.91. The molecular weight excluding hydrogens is 511 g/mol. The molecule has 2 atom stereocenters. The molecular formula is C25H27F5N6O2. The van der Waals surface area contributed by atoms with Gasteiger partial charge in [-0.25, -0.2) is 13.8 Å². The lowest BCUT2D eigenvalue weighted by molar-refractivity contribution is -0.137. The molecule has 1 saturated heterocycles. The van der Waals surface area contributed by atoms with Gasteiger partial charge in [0.1, 0.15) is 6.61 Å². The number of amides is 1. The first-order valence-corrected chi connectivity index (χ1v) is 12.0. The van der Waals surface area contributed by atoms with Gasteiger partial charge in [-0.1, -0.05) is 26.8 Å². The highest BCUT2D eigenvalue weighted by Gasteiger charge is 2.47. The molecule has 0 saturated carbocycles. The van der Waals surface area contributed by atoms with E-state index in [0.717, 1.165) is 22.6 Å². The van der Waals surface area contributed by atoms with Crippen LogP contribution in [0, 0.1) is 5.92 Å². The Morgan fingerprint density at radius 2 is 1.95 bits per heavy atom. The maximum Gasteiger partial charge on any atom is 0.417 e. The number of ether oxygens (including phenoxy) is 1. The van der Waals surface area contributed by atoms with E-state index < -0.39 is 48.5 Å². The highest BCUT2D eigenvalue weighted by molar-refractivity contribution is 6.00. The van der Waals surface area contributed by atoms with Crippen molar-refractivity contribution in [1.82, 2.24) is 30.1 Å². The Kier molecular flexibility index (Phi) is 7.39. The minimum atomic E-state index is -4.56. The fourth-order valence-electron chi connectivity index (χ4n) is 4.47. The van der Waals surface area contributed by atoms with Crippen LogP contribution in [0.4, 0.5) is 22.0 Å². The number of alkyl halides is 5. The van der Waals surface area contributed by atoms with Gasteiger partial charge in [-0.15, -0.1) is 10.2 Å². The molecule has 1 amide bonds. The Bertz CT molecular complexity index is 1290. The Morgan fingerprint density at radius 1 is 1.21 bits per heavy atom. The number of carbonyl (C=O) groups excluding carboxylic acids is 1. The van der Waals surface area contributed by atoms with Gasteiger partial charge in [0.05, 0.1) is 30.8 Å². The number of aromatic nitrogens is 5. The van der Waals surface area contributed by atoms with Crippen LogP contribution in [0.15, 0.2) is 36.5 Å². The maximum absolute atomic E-state index is 14.7. The number of piperidine rings is 1. The van der Waals surface area contributed by atoms with E-state index >= 15 is 0 Å². The van der Waals surface area contributed by atoms with Gasteiger partial charge in [-0.3, -0.25) is 4.79 Å². The van der Waals surface area contributed by atoms with Crippen LogP contribution >= 0.6 is 0 Å². The maximum atomic E-state index is 14.7. The zero-order valence-electron chi connectivity index (χ0n) is 21.2. The van der Waals surface area contributed by atoms with Gasteiger partial charge in [0.2, 0.25) is 11.7 Å². The first kappa shape index (κ1) is 27.4. The number of aryl methyl sites for hydroxylation is 1. The molecule has 13 heteroatoms. The van der Waals surface area contributed by atoms with Gasteiger partial charge in [-0.2, -0.15) is 18.0 Å². The van der Waals surface area contributed by atoms with Crippen LogP contribution in [0.5, 0.6) is 5.88 Å². The number of likely N-dealkylation sites (tertiary alicyclic amines) is 1. The Hall–Kier alpha value is -3.64. The molecule has 3 heterocycles. The van der Waals surface area contributed by atoms with Crippen molar-refractivity contribution >= 4 is 5.91 Å². The van der Waals surface area contributed by atoms with E-state index in [4.69, 9.17) is 4.74 Å². The van der Waals surface area contributed by atoms with Gasteiger partial charge < -0.3 is 9.64 Å². The highest BCUT2D eigenvalue weighted by Crippen LogP contribution is 2.37. The van der Waals surface area contributed by atoms with Gasteiger partial charge >= 0.3 is 6.18 Å². The number of rotatable bonds is 6. The van der Waals surface area contributed by atoms with E-state index in [1.807, 2.05) is 19.9 Å². The fraction of sp³-hybridized carbons (Fsp3) is 0.480. The summed E-state index contributed by atoms with van der Waals surface area (Å²) < 4.78 is 73.6. The lowest BCUT2D eigenvalue weighted by Gasteiger charge is -2.43. The number of hydrogen-bond donors (Lipinski definition) is 0. The second-order valence-electron chi connectivity index (χ2n) is 9.79. The fourth-order valence-corrected chi connectivity index (χ4v) is 4.47. The third-order valence-corrected chi connectivity index (χ3v) is 6.50. The second-order valence-corrected chi connectivity index (χ2v) is 9.79. The molecule has 1 fully saturated rings. The number of benzene rings is 1. The molecule has 1 aliphatic heterocycles. The van der Waals surface area contributed by atoms with Crippen molar-refractivity contribution in [1.29, 1.82) is 0 Å². The van der Waals surface area contributed by atoms with Gasteiger partial charge in [0, 0.05) is 24.2 Å². The van der Waals surface area contributed by atoms with Crippen LogP contribution in [0.3, 0.4) is 0 Å². The summed E-state index contributed by atoms with van der Waals surface area (Å²) >= 11 is 0. The second kappa shape index (κ2) is 10.3. The molecule has 8 nitrogen and oxygen atoms in total. The topological polar surface area (TPSA) is 86.0 Å². The minimum Gasteiger partial charge on any atom is -0.475 e. The molecule has 0 aliphatic carbocycles. The quantitative estimate of drug-likeness (QED) is 0.412. The summed E-state index contributed by atoms with van der Waals surface area (Å²) in [5.74, 6) is -4.36. The first-order chi connectivity index (χ1) is 17.7. The Labute approximate surface area is 215 Å². The lowest BCUT2D eigenvalue weighted by atomic mass is 9.87. The smallest absolute Gasteiger partial charge is 0.417 e. The normalized spacial score (nSPS) is 19.6. The van der Waals surface area contributed by atoms with Crippen molar-refractivity contribution in [3.63, 3.8) is 0 Å². The van der Waals surface area contributed by atoms with Crippen molar-refractivity contribution in [3.8, 4) is 17.3 Å². The molecule has 2 aromatic heterocycles. The third-order valence-electron chi connectivity index (χ3n) is 6.50. The number of nitrogens with zero attached hydrogens (tertiary/aromatic N) is 6. The number of carbonyl (C=O) groups is 1. The molecule has 1 aromatic carbocycles. The molecule has 0 radical (unpaired) electrons. The summed E-state index contributed by atoms with van der Waals surface area (Å²) in [5, 5.41) is 12.0. The summed E-state index contributed by atoms with van der Waals surface area (Å²) in [4.78, 5) is 19.9. The summed E-state index contributed by atoms with van der Waals surface area (Å²) in [6.45, 7) is 4.38. The summed E-state index contributed by atoms with van der Waals surface area (Å²) in [6, 6.07) is 6.21. The van der Waals surface area contributed by atoms with Gasteiger partial charge in [-0.05, 0) is 40.8 Å². The van der Waals surface area contributed by atoms with Crippen LogP contribution in [0.1, 0.15) is 54.6 Å². The lowest BCUT2D eigenvalue weighted by Crippen LogP contribution is -2.57. The van der Waals surface area contributed by atoms with Gasteiger partial charge in [0.15, 0.2) is 0 Å². The summed E-state index contributed by atoms with van der Waals surface area (Å²) in [5.41, 5.74) is 0.368. The molecule has 4 rings (SSSR count). The Morgan fingerprint density at radius 3 is 2.53 bits per heavy atom. The zero-order chi connectivity index (χ0) is 27.8. The number of hydrogen-bond acceptors (Lipinski definition) is 6. The molecule has 0 N–H and O–H groups in total. The molecule has 0 bridgehead atoms. The van der Waals surface area contributed by atoms with Crippen molar-refractivity contribution in [3.05, 3.63) is 53.2 Å². The predicted octanol–water partition coefficient (Wildman–Crippen LogP) is 4.98. The van der Waals surface area contributed by atoms with Crippen molar-refractivity contribution in [2.24, 2.45) is 13.0 Å². The van der Waals surface area contributed by atoms with Crippen LogP contribution in [0.25, 0.3) is 11.4 Å². The van der Waals surface area contributed by atoms with Crippen LogP contribution in [-0.2, 0) is 13.2 Å². The molecule has 204 valence electrons. The van der Waals surface area contributed by atoms with E-state index in [2.05, 4.69) is 20.4 Å². The largest absolute Gasteiger partial charge is 0.475 e. The summed E-state index contributed by atoms with van der Waals surface area (Å²) in [7, 11) is 1.57. The molecule has 1 aliphatic rings. The van der Waals surface area contributed by atoms with E-state index in [-0.39, 0.29) is 29.8 Å². The minimum absolute atomic E-state index is 0.0528. The standard InChI is InChI=1S/C25H27F5N6O2/c1-14(2)16-5-7-18(22-32-34-35(4)33-22)19(9-16)23(37)36-13-24(26,27)10-15(3)20(36)12-38-21-8-6-17(11-31-21)25(28,29)30/h5-9,11,14-15,20H,10,12-13H2,1-4H3. The highest BCUT2D eigenvalue weighted by atomic mass is 19.4. The average Bonchev–Trinajstić information content (AvgIpc) is 3.27. The van der Waals surface area contributed by atoms with Gasteiger partial charge in [0.25, 0.3) is 11.8 Å². The van der Waals surface area contributed by atoms with E-state index in [1.54, 1.807) is 26.1 Å². The predicted molar refractivity (Wildman–Crippen MR) is 127 cm³/mol. The van der Waals surface area contributed by atoms with Crippen LogP contribution in [-0.4, -0.2) is 61.1 Å². The van der Waals surface area contributed by atoms with E-state index in [0.29, 0.717) is 11.8 Å². The monoisotopic (exact) mass is 538 g/mol. The number of halogens is 5. The zero-order valence-corrected chi connectivity index (χ0v) is 21.2. The number of tetrazole rings is 1. The Balaban J connectivity index is 1.66. The van der Waals surface area contributed by atoms with Crippen molar-refractivity contribution in [2.45, 2.75) is 51.3 Å². The van der Waals surface area contributed by atoms with E-state index in [9.17, 15) is 26.7 Å². The SMILES string of the molecule is CC(C)c1ccc(-c2nnn(C)n2)c(C(=O)N2CC(F)(F)CC(C)C2COc2ccc(C(F)(F)F)cn2)c1. The van der Waals surface area contributed by atoms with E-state index in [1.165, 1.54) is 4.80 Å². The van der Waals surface area contributed by atoms with Crippen molar-refractivity contribution < 1.29 is 31.5 Å². The van der Waals surface area contributed by atoms with Crippen LogP contribution in [0.2, 0.25) is 0 Å². The summed E-state index contributed by atoms with van der Waals surface area (Å²) in [6.07, 6.45) is -4.40. The molecule has 2 unspecified atom stereocenters. The number of pyridine rings is 1. The van der Waals surface area contributed by atoms with Crippen LogP contribution < -0.4 is 4.74 Å².